The minimum Gasteiger partial charge on any atom is -0.313 e. The van der Waals surface area contributed by atoms with E-state index < -0.39 is 0 Å². The summed E-state index contributed by atoms with van der Waals surface area (Å²) < 4.78 is 0. The first-order chi connectivity index (χ1) is 6.75. The molecule has 2 aliphatic rings. The van der Waals surface area contributed by atoms with Crippen molar-refractivity contribution in [2.45, 2.75) is 31.1 Å². The number of hydrogen-bond acceptors (Lipinski definition) is 3. The molecule has 0 saturated carbocycles. The molecule has 0 aromatic carbocycles. The number of likely N-dealkylation sites (tertiary alicyclic amines) is 1. The Morgan fingerprint density at radius 3 is 2.86 bits per heavy atom. The van der Waals surface area contributed by atoms with E-state index in [4.69, 9.17) is 0 Å². The molecule has 14 heavy (non-hydrogen) atoms. The van der Waals surface area contributed by atoms with Gasteiger partial charge in [0, 0.05) is 17.8 Å². The van der Waals surface area contributed by atoms with Gasteiger partial charge in [0.2, 0.25) is 0 Å². The second kappa shape index (κ2) is 4.86. The second-order valence-electron chi connectivity index (χ2n) is 4.80. The molecule has 0 aliphatic carbocycles. The van der Waals surface area contributed by atoms with E-state index in [9.17, 15) is 0 Å². The minimum atomic E-state index is 0.783. The van der Waals surface area contributed by atoms with E-state index in [2.05, 4.69) is 35.9 Å². The third kappa shape index (κ3) is 2.65. The molecule has 3 atom stereocenters. The standard InChI is InChI=1S/C11H22N2S/c1-9-11(4-6-14-9)12-7-10-3-5-13(2)8-10/h9-12H,3-8H2,1-2H3. The molecule has 2 saturated heterocycles. The van der Waals surface area contributed by atoms with Crippen LogP contribution in [0.25, 0.3) is 0 Å². The lowest BCUT2D eigenvalue weighted by atomic mass is 10.1. The molecule has 2 fully saturated rings. The predicted molar refractivity (Wildman–Crippen MR) is 63.9 cm³/mol. The first-order valence-corrected chi connectivity index (χ1v) is 6.84. The summed E-state index contributed by atoms with van der Waals surface area (Å²) in [5, 5.41) is 4.57. The number of thioether (sulfide) groups is 1. The summed E-state index contributed by atoms with van der Waals surface area (Å²) in [5.74, 6) is 2.25. The molecule has 0 bridgehead atoms. The summed E-state index contributed by atoms with van der Waals surface area (Å²) >= 11 is 2.12. The van der Waals surface area contributed by atoms with Crippen LogP contribution in [0.4, 0.5) is 0 Å². The maximum atomic E-state index is 3.75. The molecule has 3 unspecified atom stereocenters. The molecule has 0 aromatic heterocycles. The van der Waals surface area contributed by atoms with Crippen molar-refractivity contribution in [2.75, 3.05) is 32.4 Å². The van der Waals surface area contributed by atoms with Gasteiger partial charge in [-0.2, -0.15) is 11.8 Å². The highest BCUT2D eigenvalue weighted by Crippen LogP contribution is 2.26. The summed E-state index contributed by atoms with van der Waals surface area (Å²) in [6.07, 6.45) is 2.76. The van der Waals surface area contributed by atoms with E-state index >= 15 is 0 Å². The van der Waals surface area contributed by atoms with Gasteiger partial charge >= 0.3 is 0 Å². The van der Waals surface area contributed by atoms with Crippen LogP contribution >= 0.6 is 11.8 Å². The zero-order chi connectivity index (χ0) is 9.97. The van der Waals surface area contributed by atoms with Crippen LogP contribution in [0.2, 0.25) is 0 Å². The average molecular weight is 214 g/mol. The highest BCUT2D eigenvalue weighted by molar-refractivity contribution is 8.00. The quantitative estimate of drug-likeness (QED) is 0.765. The summed E-state index contributed by atoms with van der Waals surface area (Å²) in [4.78, 5) is 2.44. The third-order valence-electron chi connectivity index (χ3n) is 3.53. The zero-order valence-electron chi connectivity index (χ0n) is 9.33. The molecule has 3 heteroatoms. The molecule has 0 aromatic rings. The first-order valence-electron chi connectivity index (χ1n) is 5.79. The Labute approximate surface area is 91.8 Å². The molecule has 2 nitrogen and oxygen atoms in total. The average Bonchev–Trinajstić information content (AvgIpc) is 2.72. The summed E-state index contributed by atoms with van der Waals surface area (Å²) in [6, 6.07) is 0.783. The lowest BCUT2D eigenvalue weighted by molar-refractivity contribution is 0.377. The van der Waals surface area contributed by atoms with Gasteiger partial charge in [-0.05, 0) is 44.6 Å². The number of rotatable bonds is 3. The Balaban J connectivity index is 1.67. The molecule has 2 rings (SSSR count). The number of nitrogens with zero attached hydrogens (tertiary/aromatic N) is 1. The van der Waals surface area contributed by atoms with Crippen molar-refractivity contribution < 1.29 is 0 Å². The summed E-state index contributed by atoms with van der Waals surface area (Å²) in [6.45, 7) is 6.18. The number of hydrogen-bond donors (Lipinski definition) is 1. The minimum absolute atomic E-state index is 0.783. The van der Waals surface area contributed by atoms with Gasteiger partial charge in [-0.25, -0.2) is 0 Å². The maximum Gasteiger partial charge on any atom is 0.0191 e. The van der Waals surface area contributed by atoms with Gasteiger partial charge in [-0.3, -0.25) is 0 Å². The molecule has 0 amide bonds. The second-order valence-corrected chi connectivity index (χ2v) is 6.28. The largest absolute Gasteiger partial charge is 0.313 e. The topological polar surface area (TPSA) is 15.3 Å². The monoisotopic (exact) mass is 214 g/mol. The van der Waals surface area contributed by atoms with Gasteiger partial charge in [0.05, 0.1) is 0 Å². The Bertz CT molecular complexity index is 186. The van der Waals surface area contributed by atoms with Gasteiger partial charge in [0.15, 0.2) is 0 Å². The Morgan fingerprint density at radius 2 is 2.29 bits per heavy atom. The lowest BCUT2D eigenvalue weighted by Gasteiger charge is -2.19. The third-order valence-corrected chi connectivity index (χ3v) is 4.86. The van der Waals surface area contributed by atoms with Gasteiger partial charge in [-0.1, -0.05) is 6.92 Å². The summed E-state index contributed by atoms with van der Waals surface area (Å²) in [5.41, 5.74) is 0. The smallest absolute Gasteiger partial charge is 0.0191 e. The van der Waals surface area contributed by atoms with Crippen LogP contribution in [-0.4, -0.2) is 48.6 Å². The van der Waals surface area contributed by atoms with Crippen molar-refractivity contribution in [3.05, 3.63) is 0 Å². The van der Waals surface area contributed by atoms with Gasteiger partial charge in [-0.15, -0.1) is 0 Å². The molecule has 0 radical (unpaired) electrons. The highest BCUT2D eigenvalue weighted by atomic mass is 32.2. The summed E-state index contributed by atoms with van der Waals surface area (Å²) in [7, 11) is 2.23. The Kier molecular flexibility index (Phi) is 3.74. The van der Waals surface area contributed by atoms with Crippen molar-refractivity contribution in [3.8, 4) is 0 Å². The Hall–Kier alpha value is 0.270. The first kappa shape index (κ1) is 10.8. The van der Waals surface area contributed by atoms with Crippen LogP contribution in [0.1, 0.15) is 19.8 Å². The fourth-order valence-corrected chi connectivity index (χ4v) is 3.74. The molecule has 1 N–H and O–H groups in total. The van der Waals surface area contributed by atoms with Gasteiger partial charge < -0.3 is 10.2 Å². The van der Waals surface area contributed by atoms with Crippen molar-refractivity contribution in [3.63, 3.8) is 0 Å². The predicted octanol–water partition coefficient (Wildman–Crippen LogP) is 1.42. The van der Waals surface area contributed by atoms with E-state index in [1.165, 1.54) is 38.2 Å². The lowest BCUT2D eigenvalue weighted by Crippen LogP contribution is -2.37. The van der Waals surface area contributed by atoms with E-state index in [0.29, 0.717) is 0 Å². The van der Waals surface area contributed by atoms with E-state index in [-0.39, 0.29) is 0 Å². The fourth-order valence-electron chi connectivity index (χ4n) is 2.51. The molecular weight excluding hydrogens is 192 g/mol. The number of nitrogens with one attached hydrogen (secondary N) is 1. The molecular formula is C11H22N2S. The van der Waals surface area contributed by atoms with Crippen molar-refractivity contribution in [2.24, 2.45) is 5.92 Å². The van der Waals surface area contributed by atoms with Gasteiger partial charge in [0.25, 0.3) is 0 Å². The fraction of sp³-hybridized carbons (Fsp3) is 1.00. The zero-order valence-corrected chi connectivity index (χ0v) is 10.1. The highest BCUT2D eigenvalue weighted by Gasteiger charge is 2.25. The maximum absolute atomic E-state index is 3.75. The molecule has 2 heterocycles. The molecule has 82 valence electrons. The van der Waals surface area contributed by atoms with Crippen LogP contribution < -0.4 is 5.32 Å². The van der Waals surface area contributed by atoms with Crippen LogP contribution in [0.15, 0.2) is 0 Å². The normalized spacial score (nSPS) is 39.4. The van der Waals surface area contributed by atoms with Crippen LogP contribution in [0.3, 0.4) is 0 Å². The van der Waals surface area contributed by atoms with Crippen LogP contribution in [0, 0.1) is 5.92 Å². The van der Waals surface area contributed by atoms with Gasteiger partial charge in [0.1, 0.15) is 0 Å². The van der Waals surface area contributed by atoms with Crippen LogP contribution in [-0.2, 0) is 0 Å². The van der Waals surface area contributed by atoms with E-state index in [0.717, 1.165) is 17.2 Å². The van der Waals surface area contributed by atoms with Crippen molar-refractivity contribution >= 4 is 11.8 Å². The van der Waals surface area contributed by atoms with Crippen LogP contribution in [0.5, 0.6) is 0 Å². The SMILES string of the molecule is CC1SCCC1NCC1CCN(C)C1. The molecule has 2 aliphatic heterocycles. The molecule has 0 spiro atoms. The van der Waals surface area contributed by atoms with Crippen molar-refractivity contribution in [1.29, 1.82) is 0 Å². The van der Waals surface area contributed by atoms with Crippen molar-refractivity contribution in [1.82, 2.24) is 10.2 Å². The van der Waals surface area contributed by atoms with E-state index in [1.807, 2.05) is 0 Å². The van der Waals surface area contributed by atoms with E-state index in [1.54, 1.807) is 0 Å². The Morgan fingerprint density at radius 1 is 1.43 bits per heavy atom.